The standard InChI is InChI=1S/C38H39Cl2N3S/c1-2-41-32-9-6-10-33(25-32)43-26-37(35-20-17-31(39)24-36(35)40)42-38(43)23-28-11-13-29(14-12-28)30-15-18-34(19-16-30)44-22-21-27-7-4-3-5-8-27/h6,9-20,24-27,41H,2-5,7-8,21-23H2,1H3. The van der Waals surface area contributed by atoms with Gasteiger partial charge in [0, 0.05) is 46.0 Å². The Kier molecular flexibility index (Phi) is 10.3. The van der Waals surface area contributed by atoms with Crippen LogP contribution in [0.5, 0.6) is 0 Å². The van der Waals surface area contributed by atoms with Crippen molar-refractivity contribution in [3.05, 3.63) is 119 Å². The van der Waals surface area contributed by atoms with Crippen LogP contribution in [0.4, 0.5) is 5.69 Å². The molecular formula is C38H39Cl2N3S. The zero-order valence-electron chi connectivity index (χ0n) is 25.2. The SMILES string of the molecule is CCNc1cccc(-n2cc(-c3ccc(Cl)cc3Cl)nc2Cc2ccc(-c3ccc(SCCC4CCCCC4)cc3)cc2)c1. The van der Waals surface area contributed by atoms with Crippen molar-refractivity contribution in [3.63, 3.8) is 0 Å². The summed E-state index contributed by atoms with van der Waals surface area (Å²) in [7, 11) is 0. The zero-order chi connectivity index (χ0) is 30.3. The first kappa shape index (κ1) is 30.8. The number of hydrogen-bond acceptors (Lipinski definition) is 3. The third kappa shape index (κ3) is 7.72. The molecule has 1 aliphatic rings. The summed E-state index contributed by atoms with van der Waals surface area (Å²) >= 11 is 14.8. The molecule has 0 radical (unpaired) electrons. The normalized spacial score (nSPS) is 13.7. The van der Waals surface area contributed by atoms with Crippen LogP contribution in [0.3, 0.4) is 0 Å². The fraction of sp³-hybridized carbons (Fsp3) is 0.289. The number of nitrogens with one attached hydrogen (secondary N) is 1. The quantitative estimate of drug-likeness (QED) is 0.146. The monoisotopic (exact) mass is 639 g/mol. The summed E-state index contributed by atoms with van der Waals surface area (Å²) in [5.74, 6) is 3.11. The molecular weight excluding hydrogens is 601 g/mol. The van der Waals surface area contributed by atoms with Crippen LogP contribution in [-0.4, -0.2) is 21.8 Å². The van der Waals surface area contributed by atoms with E-state index in [0.29, 0.717) is 16.5 Å². The highest BCUT2D eigenvalue weighted by Crippen LogP contribution is 2.33. The highest BCUT2D eigenvalue weighted by molar-refractivity contribution is 7.99. The molecule has 1 fully saturated rings. The van der Waals surface area contributed by atoms with Crippen LogP contribution in [0.2, 0.25) is 10.0 Å². The maximum absolute atomic E-state index is 6.60. The minimum absolute atomic E-state index is 0.591. The Morgan fingerprint density at radius 3 is 2.34 bits per heavy atom. The molecule has 5 aromatic rings. The average molecular weight is 641 g/mol. The average Bonchev–Trinajstić information content (AvgIpc) is 3.46. The lowest BCUT2D eigenvalue weighted by molar-refractivity contribution is 0.351. The Morgan fingerprint density at radius 2 is 1.61 bits per heavy atom. The predicted molar refractivity (Wildman–Crippen MR) is 190 cm³/mol. The molecule has 0 bridgehead atoms. The van der Waals surface area contributed by atoms with E-state index in [-0.39, 0.29) is 0 Å². The maximum atomic E-state index is 6.60. The van der Waals surface area contributed by atoms with E-state index in [1.165, 1.54) is 65.9 Å². The maximum Gasteiger partial charge on any atom is 0.118 e. The van der Waals surface area contributed by atoms with Crippen molar-refractivity contribution in [1.82, 2.24) is 9.55 Å². The van der Waals surface area contributed by atoms with Gasteiger partial charge >= 0.3 is 0 Å². The topological polar surface area (TPSA) is 29.9 Å². The molecule has 0 atom stereocenters. The first-order chi connectivity index (χ1) is 21.6. The fourth-order valence-corrected chi connectivity index (χ4v) is 7.64. The van der Waals surface area contributed by atoms with Crippen LogP contribution in [-0.2, 0) is 6.42 Å². The van der Waals surface area contributed by atoms with Crippen molar-refractivity contribution in [3.8, 4) is 28.1 Å². The van der Waals surface area contributed by atoms with Crippen LogP contribution in [0.1, 0.15) is 56.8 Å². The number of imidazole rings is 1. The lowest BCUT2D eigenvalue weighted by Gasteiger charge is -2.21. The van der Waals surface area contributed by atoms with Gasteiger partial charge in [-0.15, -0.1) is 11.8 Å². The molecule has 1 N–H and O–H groups in total. The molecule has 3 nitrogen and oxygen atoms in total. The highest BCUT2D eigenvalue weighted by atomic mass is 35.5. The fourth-order valence-electron chi connectivity index (χ4n) is 6.12. The number of anilines is 1. The molecule has 1 aromatic heterocycles. The molecule has 0 spiro atoms. The molecule has 0 saturated heterocycles. The Bertz CT molecular complexity index is 1670. The second-order valence-corrected chi connectivity index (χ2v) is 13.7. The lowest BCUT2D eigenvalue weighted by atomic mass is 9.88. The van der Waals surface area contributed by atoms with Crippen molar-refractivity contribution in [2.24, 2.45) is 5.92 Å². The van der Waals surface area contributed by atoms with Gasteiger partial charge in [-0.25, -0.2) is 4.98 Å². The van der Waals surface area contributed by atoms with E-state index in [1.807, 2.05) is 23.9 Å². The van der Waals surface area contributed by atoms with Gasteiger partial charge in [-0.05, 0) is 90.2 Å². The molecule has 44 heavy (non-hydrogen) atoms. The summed E-state index contributed by atoms with van der Waals surface area (Å²) in [6, 6.07) is 31.9. The van der Waals surface area contributed by atoms with Crippen molar-refractivity contribution >= 4 is 40.7 Å². The number of aromatic nitrogens is 2. The van der Waals surface area contributed by atoms with Gasteiger partial charge in [-0.2, -0.15) is 0 Å². The van der Waals surface area contributed by atoms with Crippen molar-refractivity contribution in [2.45, 2.75) is 56.8 Å². The van der Waals surface area contributed by atoms with E-state index < -0.39 is 0 Å². The van der Waals surface area contributed by atoms with Gasteiger partial charge in [0.25, 0.3) is 0 Å². The van der Waals surface area contributed by atoms with Gasteiger partial charge in [-0.1, -0.05) is 97.8 Å². The summed E-state index contributed by atoms with van der Waals surface area (Å²) in [4.78, 5) is 6.44. The Hall–Kier alpha value is -3.18. The first-order valence-electron chi connectivity index (χ1n) is 15.8. The van der Waals surface area contributed by atoms with E-state index in [0.717, 1.165) is 40.9 Å². The first-order valence-corrected chi connectivity index (χ1v) is 17.5. The Morgan fingerprint density at radius 1 is 0.864 bits per heavy atom. The molecule has 226 valence electrons. The molecule has 0 unspecified atom stereocenters. The minimum Gasteiger partial charge on any atom is -0.385 e. The number of benzene rings is 4. The van der Waals surface area contributed by atoms with E-state index in [2.05, 4.69) is 95.8 Å². The molecule has 1 saturated carbocycles. The summed E-state index contributed by atoms with van der Waals surface area (Å²) in [6.07, 6.45) is 11.2. The van der Waals surface area contributed by atoms with Gasteiger partial charge in [0.05, 0.1) is 10.7 Å². The van der Waals surface area contributed by atoms with Crippen LogP contribution >= 0.6 is 35.0 Å². The van der Waals surface area contributed by atoms with Crippen LogP contribution < -0.4 is 5.32 Å². The number of thioether (sulfide) groups is 1. The second kappa shape index (κ2) is 14.7. The smallest absolute Gasteiger partial charge is 0.118 e. The third-order valence-electron chi connectivity index (χ3n) is 8.51. The van der Waals surface area contributed by atoms with Gasteiger partial charge < -0.3 is 9.88 Å². The van der Waals surface area contributed by atoms with Crippen LogP contribution in [0.25, 0.3) is 28.1 Å². The Labute approximate surface area is 276 Å². The lowest BCUT2D eigenvalue weighted by Crippen LogP contribution is -2.06. The van der Waals surface area contributed by atoms with Gasteiger partial charge in [0.15, 0.2) is 0 Å². The molecule has 6 heteroatoms. The molecule has 0 aliphatic heterocycles. The third-order valence-corrected chi connectivity index (χ3v) is 10.1. The summed E-state index contributed by atoms with van der Waals surface area (Å²) in [6.45, 7) is 2.96. The number of halogens is 2. The van der Waals surface area contributed by atoms with E-state index in [4.69, 9.17) is 28.2 Å². The highest BCUT2D eigenvalue weighted by Gasteiger charge is 2.16. The second-order valence-electron chi connectivity index (χ2n) is 11.7. The molecule has 4 aromatic carbocycles. The predicted octanol–water partition coefficient (Wildman–Crippen LogP) is 11.6. The summed E-state index contributed by atoms with van der Waals surface area (Å²) < 4.78 is 2.17. The van der Waals surface area contributed by atoms with E-state index in [1.54, 1.807) is 6.07 Å². The largest absolute Gasteiger partial charge is 0.385 e. The van der Waals surface area contributed by atoms with Crippen molar-refractivity contribution in [2.75, 3.05) is 17.6 Å². The minimum atomic E-state index is 0.591. The van der Waals surface area contributed by atoms with Crippen LogP contribution in [0, 0.1) is 5.92 Å². The molecule has 1 aliphatic carbocycles. The summed E-state index contributed by atoms with van der Waals surface area (Å²) in [5.41, 5.74) is 7.49. The number of hydrogen-bond donors (Lipinski definition) is 1. The number of nitrogens with zero attached hydrogens (tertiary/aromatic N) is 2. The van der Waals surface area contributed by atoms with Crippen molar-refractivity contribution in [1.29, 1.82) is 0 Å². The molecule has 6 rings (SSSR count). The van der Waals surface area contributed by atoms with Gasteiger partial charge in [0.1, 0.15) is 5.82 Å². The molecule has 0 amide bonds. The zero-order valence-corrected chi connectivity index (χ0v) is 27.6. The van der Waals surface area contributed by atoms with E-state index >= 15 is 0 Å². The molecule has 1 heterocycles. The Balaban J connectivity index is 1.19. The number of rotatable bonds is 11. The summed E-state index contributed by atoms with van der Waals surface area (Å²) in [5, 5.41) is 4.62. The van der Waals surface area contributed by atoms with Crippen molar-refractivity contribution < 1.29 is 0 Å². The van der Waals surface area contributed by atoms with E-state index in [9.17, 15) is 0 Å². The van der Waals surface area contributed by atoms with Gasteiger partial charge in [-0.3, -0.25) is 0 Å². The van der Waals surface area contributed by atoms with Gasteiger partial charge in [0.2, 0.25) is 0 Å². The van der Waals surface area contributed by atoms with Crippen LogP contribution in [0.15, 0.2) is 102 Å².